The van der Waals surface area contributed by atoms with Crippen LogP contribution in [-0.4, -0.2) is 0 Å². The Morgan fingerprint density at radius 2 is 2.29 bits per heavy atom. The normalized spacial score (nSPS) is 9.43. The van der Waals surface area contributed by atoms with Gasteiger partial charge in [-0.2, -0.15) is 0 Å². The maximum Gasteiger partial charge on any atom is 0.292 e. The molecule has 0 bridgehead atoms. The van der Waals surface area contributed by atoms with Crippen molar-refractivity contribution in [3.63, 3.8) is 0 Å². The van der Waals surface area contributed by atoms with Crippen LogP contribution in [-0.2, 0) is 0 Å². The molecule has 0 saturated heterocycles. The van der Waals surface area contributed by atoms with Crippen LogP contribution in [0.1, 0.15) is 10.4 Å². The largest absolute Gasteiger partial charge is 0.292 e. The summed E-state index contributed by atoms with van der Waals surface area (Å²) >= 11 is 0. The van der Waals surface area contributed by atoms with Gasteiger partial charge in [0.25, 0.3) is 10.3 Å². The van der Waals surface area contributed by atoms with Crippen molar-refractivity contribution in [1.82, 2.24) is 0 Å². The third-order valence-corrected chi connectivity index (χ3v) is 3.40. The predicted octanol–water partition coefficient (Wildman–Crippen LogP) is 2.71. The number of hydrogen-bond acceptors (Lipinski definition) is 1. The molecule has 2 heteroatoms. The van der Waals surface area contributed by atoms with Gasteiger partial charge >= 0.3 is 0 Å². The van der Waals surface area contributed by atoms with Gasteiger partial charge in [0.2, 0.25) is 5.38 Å². The lowest BCUT2D eigenvalue weighted by atomic mass is 10.4. The van der Waals surface area contributed by atoms with Crippen LogP contribution in [0, 0.1) is 13.8 Å². The third kappa shape index (κ3) is 0.983. The molecule has 0 spiro atoms. The van der Waals surface area contributed by atoms with Gasteiger partial charge in [-0.3, -0.25) is 0 Å². The zero-order valence-electron chi connectivity index (χ0n) is 4.39. The van der Waals surface area contributed by atoms with E-state index in [1.54, 1.807) is 0 Å². The fourth-order valence-electron chi connectivity index (χ4n) is 0.317. The zero-order chi connectivity index (χ0) is 5.28. The fourth-order valence-corrected chi connectivity index (χ4v) is 2.50. The summed E-state index contributed by atoms with van der Waals surface area (Å²) in [4.78, 5) is 1.45. The molecule has 38 valence electrons. The molecule has 0 saturated carbocycles. The van der Waals surface area contributed by atoms with Gasteiger partial charge in [0, 0.05) is 5.56 Å². The Balaban J connectivity index is 3.12. The molecule has 0 radical (unpaired) electrons. The molecule has 0 fully saturated rings. The summed E-state index contributed by atoms with van der Waals surface area (Å²) < 4.78 is 0. The smallest absolute Gasteiger partial charge is 0.0335 e. The second-order valence-corrected chi connectivity index (χ2v) is 3.82. The van der Waals surface area contributed by atoms with Crippen LogP contribution >= 0.6 is 20.7 Å². The molecule has 1 heterocycles. The maximum atomic E-state index is 2.18. The highest BCUT2D eigenvalue weighted by Gasteiger charge is 2.00. The van der Waals surface area contributed by atoms with Gasteiger partial charge in [-0.05, 0) is 13.8 Å². The lowest BCUT2D eigenvalue weighted by Gasteiger charge is -1.71. The Morgan fingerprint density at radius 3 is 2.43 bits per heavy atom. The van der Waals surface area contributed by atoms with Gasteiger partial charge < -0.3 is 0 Å². The molecule has 1 aromatic rings. The predicted molar refractivity (Wildman–Crippen MR) is 36.1 cm³/mol. The molecule has 1 aromatic heterocycles. The fraction of sp³-hybridized carbons (Fsp3) is 0.400. The summed E-state index contributed by atoms with van der Waals surface area (Å²) in [6.45, 7) is 4.29. The van der Waals surface area contributed by atoms with Crippen molar-refractivity contribution in [1.29, 1.82) is 0 Å². The van der Waals surface area contributed by atoms with E-state index in [1.165, 1.54) is 10.4 Å². The number of aryl methyl sites for hydroxylation is 2. The standard InChI is InChI=1S/C5H7S2/c1-4-3-6-7-5(4)2/h3H,1-2H3/q+1. The average molecular weight is 131 g/mol. The summed E-state index contributed by atoms with van der Waals surface area (Å²) in [6, 6.07) is 0. The Labute approximate surface area is 50.8 Å². The first kappa shape index (κ1) is 5.19. The van der Waals surface area contributed by atoms with E-state index in [4.69, 9.17) is 0 Å². The highest BCUT2D eigenvalue weighted by Crippen LogP contribution is 2.18. The van der Waals surface area contributed by atoms with E-state index < -0.39 is 0 Å². The molecule has 1 rings (SSSR count). The minimum Gasteiger partial charge on any atom is -0.0335 e. The van der Waals surface area contributed by atoms with E-state index in [1.807, 2.05) is 20.7 Å². The first-order valence-corrected chi connectivity index (χ1v) is 4.36. The molecule has 0 aromatic carbocycles. The second-order valence-electron chi connectivity index (χ2n) is 1.54. The summed E-state index contributed by atoms with van der Waals surface area (Å²) in [5.41, 5.74) is 1.43. The topological polar surface area (TPSA) is 0 Å². The van der Waals surface area contributed by atoms with Gasteiger partial charge in [0.15, 0.2) is 10.3 Å². The van der Waals surface area contributed by atoms with Gasteiger partial charge in [-0.25, -0.2) is 0 Å². The van der Waals surface area contributed by atoms with E-state index in [9.17, 15) is 0 Å². The lowest BCUT2D eigenvalue weighted by molar-refractivity contribution is 1.45. The van der Waals surface area contributed by atoms with E-state index in [0.29, 0.717) is 0 Å². The highest BCUT2D eigenvalue weighted by molar-refractivity contribution is 7.68. The minimum absolute atomic E-state index is 1.43. The first-order chi connectivity index (χ1) is 3.30. The Kier molecular flexibility index (Phi) is 1.40. The minimum atomic E-state index is 1.43. The lowest BCUT2D eigenvalue weighted by Crippen LogP contribution is -1.61. The SMILES string of the molecule is Cc1c[s+]sc1C. The molecule has 0 unspecified atom stereocenters. The number of rotatable bonds is 0. The second kappa shape index (κ2) is 1.88. The quantitative estimate of drug-likeness (QED) is 0.375. The number of hydrogen-bond donors (Lipinski definition) is 0. The van der Waals surface area contributed by atoms with Crippen molar-refractivity contribution >= 4 is 20.7 Å². The van der Waals surface area contributed by atoms with Crippen LogP contribution in [0.4, 0.5) is 0 Å². The Hall–Kier alpha value is 0.0500. The average Bonchev–Trinajstić information content (AvgIpc) is 1.91. The molecular formula is C5H7S2+. The Morgan fingerprint density at radius 1 is 1.57 bits per heavy atom. The maximum absolute atomic E-state index is 2.18. The van der Waals surface area contributed by atoms with Crippen molar-refractivity contribution in [3.8, 4) is 0 Å². The van der Waals surface area contributed by atoms with E-state index in [0.717, 1.165) is 0 Å². The Bertz CT molecular complexity index is 138. The highest BCUT2D eigenvalue weighted by atomic mass is 32.9. The summed E-state index contributed by atoms with van der Waals surface area (Å²) in [5.74, 6) is 0. The van der Waals surface area contributed by atoms with Crippen molar-refractivity contribution in [2.45, 2.75) is 13.8 Å². The van der Waals surface area contributed by atoms with Gasteiger partial charge in [-0.15, -0.1) is 0 Å². The molecule has 0 N–H and O–H groups in total. The third-order valence-electron chi connectivity index (χ3n) is 0.953. The van der Waals surface area contributed by atoms with Crippen LogP contribution in [0.15, 0.2) is 5.38 Å². The summed E-state index contributed by atoms with van der Waals surface area (Å²) in [7, 11) is 3.65. The summed E-state index contributed by atoms with van der Waals surface area (Å²) in [6.07, 6.45) is 0. The molecular weight excluding hydrogens is 124 g/mol. The van der Waals surface area contributed by atoms with Gasteiger partial charge in [0.1, 0.15) is 0 Å². The van der Waals surface area contributed by atoms with Crippen molar-refractivity contribution < 1.29 is 0 Å². The van der Waals surface area contributed by atoms with Gasteiger partial charge in [-0.1, -0.05) is 0 Å². The summed E-state index contributed by atoms with van der Waals surface area (Å²) in [5, 5.41) is 2.18. The molecule has 0 aliphatic rings. The van der Waals surface area contributed by atoms with Crippen molar-refractivity contribution in [2.75, 3.05) is 0 Å². The van der Waals surface area contributed by atoms with Crippen LogP contribution in [0.25, 0.3) is 0 Å². The first-order valence-electron chi connectivity index (χ1n) is 2.15. The molecule has 0 nitrogen and oxygen atoms in total. The van der Waals surface area contributed by atoms with Crippen molar-refractivity contribution in [3.05, 3.63) is 15.8 Å². The molecule has 0 aliphatic heterocycles. The van der Waals surface area contributed by atoms with Crippen LogP contribution in [0.5, 0.6) is 0 Å². The van der Waals surface area contributed by atoms with Crippen LogP contribution in [0.2, 0.25) is 0 Å². The molecule has 0 atom stereocenters. The molecule has 0 amide bonds. The van der Waals surface area contributed by atoms with Crippen LogP contribution < -0.4 is 0 Å². The molecule has 7 heavy (non-hydrogen) atoms. The monoisotopic (exact) mass is 131 g/mol. The van der Waals surface area contributed by atoms with Crippen molar-refractivity contribution in [2.24, 2.45) is 0 Å². The van der Waals surface area contributed by atoms with E-state index in [-0.39, 0.29) is 0 Å². The van der Waals surface area contributed by atoms with E-state index >= 15 is 0 Å². The van der Waals surface area contributed by atoms with E-state index in [2.05, 4.69) is 19.2 Å². The van der Waals surface area contributed by atoms with Gasteiger partial charge in [0.05, 0.1) is 4.88 Å². The van der Waals surface area contributed by atoms with Crippen LogP contribution in [0.3, 0.4) is 0 Å². The molecule has 0 aliphatic carbocycles. The zero-order valence-corrected chi connectivity index (χ0v) is 6.03.